The Kier molecular flexibility index (Phi) is 4.73. The maximum absolute atomic E-state index is 12.3. The molecule has 1 atom stereocenters. The van der Waals surface area contributed by atoms with Crippen LogP contribution in [0, 0.1) is 12.8 Å². The zero-order valence-electron chi connectivity index (χ0n) is 13.2. The number of aromatic amines is 1. The summed E-state index contributed by atoms with van der Waals surface area (Å²) in [5.74, 6) is 0.536. The third kappa shape index (κ3) is 3.87. The van der Waals surface area contributed by atoms with Gasteiger partial charge < -0.3 is 15.0 Å². The number of imidazole rings is 1. The fourth-order valence-corrected chi connectivity index (χ4v) is 2.90. The number of carbonyl (C=O) groups excluding carboxylic acids is 1. The van der Waals surface area contributed by atoms with E-state index in [-0.39, 0.29) is 24.2 Å². The Bertz CT molecular complexity index is 733. The van der Waals surface area contributed by atoms with Crippen LogP contribution in [0.25, 0.3) is 0 Å². The molecule has 2 aromatic heterocycles. The first-order chi connectivity index (χ1) is 11.5. The van der Waals surface area contributed by atoms with Gasteiger partial charge in [-0.2, -0.15) is 8.78 Å². The zero-order chi connectivity index (χ0) is 17.1. The van der Waals surface area contributed by atoms with Crippen LogP contribution in [0.2, 0.25) is 0 Å². The van der Waals surface area contributed by atoms with E-state index in [0.717, 1.165) is 30.1 Å². The van der Waals surface area contributed by atoms with Gasteiger partial charge in [0.2, 0.25) is 11.8 Å². The summed E-state index contributed by atoms with van der Waals surface area (Å²) in [7, 11) is 0. The molecule has 1 aliphatic carbocycles. The lowest BCUT2D eigenvalue weighted by atomic mass is 9.89. The number of carbonyl (C=O) groups is 1. The van der Waals surface area contributed by atoms with Crippen LogP contribution in [0.15, 0.2) is 18.3 Å². The van der Waals surface area contributed by atoms with Crippen molar-refractivity contribution in [2.75, 3.05) is 0 Å². The second kappa shape index (κ2) is 6.94. The third-order valence-corrected chi connectivity index (χ3v) is 4.01. The van der Waals surface area contributed by atoms with Crippen molar-refractivity contribution in [3.63, 3.8) is 0 Å². The van der Waals surface area contributed by atoms with Crippen molar-refractivity contribution < 1.29 is 18.3 Å². The minimum atomic E-state index is -2.92. The third-order valence-electron chi connectivity index (χ3n) is 4.01. The van der Waals surface area contributed by atoms with Crippen LogP contribution in [0.1, 0.15) is 29.2 Å². The van der Waals surface area contributed by atoms with Gasteiger partial charge in [0.05, 0.1) is 5.69 Å². The number of halogens is 2. The van der Waals surface area contributed by atoms with Gasteiger partial charge in [-0.15, -0.1) is 0 Å². The number of nitrogens with zero attached hydrogens (tertiary/aromatic N) is 2. The standard InChI is InChI=1S/C16H18F2N4O2/c1-9-21-12-3-2-11(7-13(12)22-9)15(23)20-8-10-4-5-19-14(6-10)24-16(17)18/h4-6,11,16H,2-3,7-8H2,1H3,(H,20,23)(H,21,22). The van der Waals surface area contributed by atoms with Crippen LogP contribution in [-0.2, 0) is 24.2 Å². The van der Waals surface area contributed by atoms with Gasteiger partial charge in [0.1, 0.15) is 5.82 Å². The fourth-order valence-electron chi connectivity index (χ4n) is 2.90. The van der Waals surface area contributed by atoms with E-state index in [9.17, 15) is 13.6 Å². The highest BCUT2D eigenvalue weighted by molar-refractivity contribution is 5.79. The number of amides is 1. The van der Waals surface area contributed by atoms with Gasteiger partial charge in [-0.3, -0.25) is 4.79 Å². The molecule has 0 saturated heterocycles. The number of hydrogen-bond acceptors (Lipinski definition) is 4. The molecular weight excluding hydrogens is 318 g/mol. The number of ether oxygens (including phenoxy) is 1. The molecule has 0 bridgehead atoms. The highest BCUT2D eigenvalue weighted by atomic mass is 19.3. The molecule has 1 amide bonds. The van der Waals surface area contributed by atoms with Gasteiger partial charge in [0, 0.05) is 36.8 Å². The average Bonchev–Trinajstić information content (AvgIpc) is 2.91. The first-order valence-electron chi connectivity index (χ1n) is 7.73. The molecule has 2 aromatic rings. The predicted octanol–water partition coefficient (Wildman–Crippen LogP) is 2.14. The van der Waals surface area contributed by atoms with Crippen LogP contribution in [0.5, 0.6) is 5.88 Å². The summed E-state index contributed by atoms with van der Waals surface area (Å²) in [5, 5.41) is 2.84. The molecule has 0 saturated carbocycles. The van der Waals surface area contributed by atoms with Crippen molar-refractivity contribution in [2.24, 2.45) is 5.92 Å². The Balaban J connectivity index is 1.56. The Morgan fingerprint density at radius 3 is 3.17 bits per heavy atom. The van der Waals surface area contributed by atoms with Crippen molar-refractivity contribution in [3.05, 3.63) is 41.1 Å². The van der Waals surface area contributed by atoms with Crippen molar-refractivity contribution in [2.45, 2.75) is 39.3 Å². The number of pyridine rings is 1. The number of hydrogen-bond donors (Lipinski definition) is 2. The summed E-state index contributed by atoms with van der Waals surface area (Å²) in [5.41, 5.74) is 2.72. The van der Waals surface area contributed by atoms with E-state index in [1.165, 1.54) is 12.3 Å². The number of alkyl halides is 2. The van der Waals surface area contributed by atoms with Gasteiger partial charge in [-0.05, 0) is 31.4 Å². The van der Waals surface area contributed by atoms with Crippen LogP contribution >= 0.6 is 0 Å². The summed E-state index contributed by atoms with van der Waals surface area (Å²) in [6, 6.07) is 3.04. The minimum absolute atomic E-state index is 0.0546. The van der Waals surface area contributed by atoms with E-state index in [1.807, 2.05) is 6.92 Å². The highest BCUT2D eigenvalue weighted by Crippen LogP contribution is 2.24. The number of aryl methyl sites for hydroxylation is 2. The van der Waals surface area contributed by atoms with Crippen LogP contribution < -0.4 is 10.1 Å². The average molecular weight is 336 g/mol. The van der Waals surface area contributed by atoms with E-state index < -0.39 is 6.61 Å². The lowest BCUT2D eigenvalue weighted by molar-refractivity contribution is -0.125. The van der Waals surface area contributed by atoms with Crippen molar-refractivity contribution in [3.8, 4) is 5.88 Å². The lowest BCUT2D eigenvalue weighted by Crippen LogP contribution is -2.33. The highest BCUT2D eigenvalue weighted by Gasteiger charge is 2.26. The SMILES string of the molecule is Cc1nc2c([nH]1)CC(C(=O)NCc1ccnc(OC(F)F)c1)CC2. The normalized spacial score (nSPS) is 16.8. The molecule has 24 heavy (non-hydrogen) atoms. The number of H-pyrrole nitrogens is 1. The largest absolute Gasteiger partial charge is 0.417 e. The maximum Gasteiger partial charge on any atom is 0.388 e. The Labute approximate surface area is 137 Å². The number of rotatable bonds is 5. The summed E-state index contributed by atoms with van der Waals surface area (Å²) in [6.07, 6.45) is 3.54. The smallest absolute Gasteiger partial charge is 0.388 e. The fraction of sp³-hybridized carbons (Fsp3) is 0.438. The van der Waals surface area contributed by atoms with E-state index >= 15 is 0 Å². The van der Waals surface area contributed by atoms with E-state index in [4.69, 9.17) is 0 Å². The number of nitrogens with one attached hydrogen (secondary N) is 2. The van der Waals surface area contributed by atoms with Crippen molar-refractivity contribution >= 4 is 5.91 Å². The molecule has 8 heteroatoms. The molecule has 0 spiro atoms. The van der Waals surface area contributed by atoms with Crippen LogP contribution in [0.3, 0.4) is 0 Å². The molecular formula is C16H18F2N4O2. The molecule has 1 aliphatic rings. The van der Waals surface area contributed by atoms with Crippen molar-refractivity contribution in [1.82, 2.24) is 20.3 Å². The molecule has 0 fully saturated rings. The number of fused-ring (bicyclic) bond motifs is 1. The van der Waals surface area contributed by atoms with Gasteiger partial charge in [0.15, 0.2) is 0 Å². The van der Waals surface area contributed by atoms with Crippen molar-refractivity contribution in [1.29, 1.82) is 0 Å². The molecule has 3 rings (SSSR count). The molecule has 6 nitrogen and oxygen atoms in total. The molecule has 0 aliphatic heterocycles. The minimum Gasteiger partial charge on any atom is -0.417 e. The molecule has 128 valence electrons. The van der Waals surface area contributed by atoms with E-state index in [0.29, 0.717) is 12.0 Å². The Hall–Kier alpha value is -2.51. The number of aromatic nitrogens is 3. The monoisotopic (exact) mass is 336 g/mol. The van der Waals surface area contributed by atoms with Gasteiger partial charge in [0.25, 0.3) is 0 Å². The van der Waals surface area contributed by atoms with E-state index in [1.54, 1.807) is 6.07 Å². The second-order valence-electron chi connectivity index (χ2n) is 5.79. The summed E-state index contributed by atoms with van der Waals surface area (Å²) < 4.78 is 28.6. The molecule has 2 heterocycles. The van der Waals surface area contributed by atoms with Gasteiger partial charge >= 0.3 is 6.61 Å². The van der Waals surface area contributed by atoms with Gasteiger partial charge in [-0.1, -0.05) is 0 Å². The first kappa shape index (κ1) is 16.4. The maximum atomic E-state index is 12.3. The summed E-state index contributed by atoms with van der Waals surface area (Å²) in [6.45, 7) is -0.779. The molecule has 1 unspecified atom stereocenters. The summed E-state index contributed by atoms with van der Waals surface area (Å²) in [4.78, 5) is 23.6. The Morgan fingerprint density at radius 2 is 2.38 bits per heavy atom. The molecule has 2 N–H and O–H groups in total. The second-order valence-corrected chi connectivity index (χ2v) is 5.79. The zero-order valence-corrected chi connectivity index (χ0v) is 13.2. The lowest BCUT2D eigenvalue weighted by Gasteiger charge is -2.20. The molecule has 0 aromatic carbocycles. The quantitative estimate of drug-likeness (QED) is 0.877. The predicted molar refractivity (Wildman–Crippen MR) is 81.6 cm³/mol. The Morgan fingerprint density at radius 1 is 1.54 bits per heavy atom. The topological polar surface area (TPSA) is 79.9 Å². The summed E-state index contributed by atoms with van der Waals surface area (Å²) >= 11 is 0. The molecule has 0 radical (unpaired) electrons. The van der Waals surface area contributed by atoms with E-state index in [2.05, 4.69) is 25.0 Å². The van der Waals surface area contributed by atoms with Crippen LogP contribution in [0.4, 0.5) is 8.78 Å². The van der Waals surface area contributed by atoms with Gasteiger partial charge in [-0.25, -0.2) is 9.97 Å². The van der Waals surface area contributed by atoms with Crippen LogP contribution in [-0.4, -0.2) is 27.5 Å². The first-order valence-corrected chi connectivity index (χ1v) is 7.73.